The summed E-state index contributed by atoms with van der Waals surface area (Å²) in [7, 11) is 0. The average Bonchev–Trinajstić information content (AvgIpc) is 3.23. The molecule has 0 spiro atoms. The molecule has 0 aliphatic heterocycles. The van der Waals surface area contributed by atoms with Gasteiger partial charge in [-0.05, 0) is 168 Å². The molecule has 0 saturated carbocycles. The fraction of sp³-hybridized carbons (Fsp3) is 0. The Balaban J connectivity index is 0.977. The van der Waals surface area contributed by atoms with E-state index >= 15 is 0 Å². The van der Waals surface area contributed by atoms with Gasteiger partial charge in [0, 0.05) is 0 Å². The summed E-state index contributed by atoms with van der Waals surface area (Å²) in [6, 6.07) is 63.5. The van der Waals surface area contributed by atoms with E-state index in [0.717, 1.165) is 11.1 Å². The third-order valence-corrected chi connectivity index (χ3v) is 11.7. The summed E-state index contributed by atoms with van der Waals surface area (Å²) in [5, 5.41) is 20.3. The third kappa shape index (κ3) is 4.71. The molecule has 0 aliphatic carbocycles. The smallest absolute Gasteiger partial charge is 0.00987 e. The van der Waals surface area contributed by atoms with Crippen molar-refractivity contribution in [1.29, 1.82) is 0 Å². The number of hydrogen-bond donors (Lipinski definition) is 0. The Kier molecular flexibility index (Phi) is 6.66. The lowest BCUT2D eigenvalue weighted by Crippen LogP contribution is -1.86. The van der Waals surface area contributed by atoms with Gasteiger partial charge < -0.3 is 0 Å². The minimum absolute atomic E-state index is 1.10. The molecule has 0 bridgehead atoms. The zero-order chi connectivity index (χ0) is 35.9. The van der Waals surface area contributed by atoms with Crippen LogP contribution in [0.2, 0.25) is 0 Å². The minimum atomic E-state index is 1.10. The van der Waals surface area contributed by atoms with Crippen molar-refractivity contribution in [3.05, 3.63) is 194 Å². The highest BCUT2D eigenvalue weighted by Gasteiger charge is 2.12. The summed E-state index contributed by atoms with van der Waals surface area (Å²) in [6.45, 7) is 7.99. The van der Waals surface area contributed by atoms with E-state index in [9.17, 15) is 0 Å². The van der Waals surface area contributed by atoms with Gasteiger partial charge in [0.2, 0.25) is 0 Å². The van der Waals surface area contributed by atoms with Crippen molar-refractivity contribution < 1.29 is 0 Å². The minimum Gasteiger partial charge on any atom is -0.0984 e. The molecule has 0 saturated heterocycles. The van der Waals surface area contributed by atoms with Crippen molar-refractivity contribution in [2.75, 3.05) is 0 Å². The van der Waals surface area contributed by atoms with Crippen LogP contribution in [0.3, 0.4) is 0 Å². The molecule has 0 amide bonds. The van der Waals surface area contributed by atoms with Gasteiger partial charge in [0.25, 0.3) is 0 Å². The zero-order valence-corrected chi connectivity index (χ0v) is 29.7. The van der Waals surface area contributed by atoms with Crippen LogP contribution in [-0.4, -0.2) is 0 Å². The molecule has 0 heteroatoms. The molecule has 54 heavy (non-hydrogen) atoms. The molecule has 11 aromatic rings. The van der Waals surface area contributed by atoms with Gasteiger partial charge in [-0.1, -0.05) is 147 Å². The first kappa shape index (κ1) is 30.6. The van der Waals surface area contributed by atoms with E-state index in [2.05, 4.69) is 183 Å². The van der Waals surface area contributed by atoms with Crippen LogP contribution in [0.15, 0.2) is 183 Å². The SMILES string of the molecule is C=Cc1cc2ccc(-c3ccc4c(ccc5c4ccc4c6ccc7cc(-c8ccc9cc%10ccccc%10cc9c8)ccc7c6ccc54)c3)cc2cc1C=C. The van der Waals surface area contributed by atoms with E-state index in [-0.39, 0.29) is 0 Å². The second-order valence-electron chi connectivity index (χ2n) is 14.6. The molecule has 0 heterocycles. The van der Waals surface area contributed by atoms with Gasteiger partial charge in [0.05, 0.1) is 0 Å². The molecule has 0 aromatic heterocycles. The standard InChI is InChI=1S/C54H34/c1-3-33-25-41-11-9-37(31-45(41)26-34(33)4-2)39-13-17-47-43(28-39)15-19-51-49(47)21-23-54-52-20-16-44-29-40(14-18-48(44)50(52)22-24-53(51)54)38-10-12-42-27-35-7-5-6-8-36(35)30-46(42)32-38/h3-32H,1-2H2. The maximum Gasteiger partial charge on any atom is -0.00987 e. The summed E-state index contributed by atoms with van der Waals surface area (Å²) >= 11 is 0. The van der Waals surface area contributed by atoms with Crippen LogP contribution in [0.5, 0.6) is 0 Å². The fourth-order valence-corrected chi connectivity index (χ4v) is 8.86. The highest BCUT2D eigenvalue weighted by atomic mass is 14.2. The van der Waals surface area contributed by atoms with Crippen LogP contribution >= 0.6 is 0 Å². The molecule has 0 fully saturated rings. The average molecular weight is 683 g/mol. The lowest BCUT2D eigenvalue weighted by molar-refractivity contribution is 1.64. The Bertz CT molecular complexity index is 3410. The van der Waals surface area contributed by atoms with Gasteiger partial charge in [-0.3, -0.25) is 0 Å². The van der Waals surface area contributed by atoms with E-state index < -0.39 is 0 Å². The molecule has 0 unspecified atom stereocenters. The third-order valence-electron chi connectivity index (χ3n) is 11.7. The molecule has 11 aromatic carbocycles. The van der Waals surface area contributed by atoms with Gasteiger partial charge in [0.15, 0.2) is 0 Å². The van der Waals surface area contributed by atoms with E-state index in [1.54, 1.807) is 0 Å². The van der Waals surface area contributed by atoms with Crippen LogP contribution in [-0.2, 0) is 0 Å². The van der Waals surface area contributed by atoms with Gasteiger partial charge >= 0.3 is 0 Å². The number of fused-ring (bicyclic) bond motifs is 12. The Morgan fingerprint density at radius 1 is 0.241 bits per heavy atom. The van der Waals surface area contributed by atoms with Crippen molar-refractivity contribution >= 4 is 98.3 Å². The highest BCUT2D eigenvalue weighted by Crippen LogP contribution is 2.39. The largest absolute Gasteiger partial charge is 0.0984 e. The maximum atomic E-state index is 4.01. The Morgan fingerprint density at radius 2 is 0.537 bits per heavy atom. The highest BCUT2D eigenvalue weighted by molar-refractivity contribution is 6.25. The molecule has 0 radical (unpaired) electrons. The molecule has 250 valence electrons. The molecular formula is C54H34. The van der Waals surface area contributed by atoms with Gasteiger partial charge in [-0.25, -0.2) is 0 Å². The summed E-state index contributed by atoms with van der Waals surface area (Å²) in [4.78, 5) is 0. The zero-order valence-electron chi connectivity index (χ0n) is 29.7. The summed E-state index contributed by atoms with van der Waals surface area (Å²) in [5.74, 6) is 0. The molecule has 11 rings (SSSR count). The maximum absolute atomic E-state index is 4.01. The number of rotatable bonds is 4. The topological polar surface area (TPSA) is 0 Å². The van der Waals surface area contributed by atoms with Crippen LogP contribution in [0, 0.1) is 0 Å². The first-order valence-corrected chi connectivity index (χ1v) is 18.6. The lowest BCUT2D eigenvalue weighted by Gasteiger charge is -2.13. The van der Waals surface area contributed by atoms with Crippen molar-refractivity contribution in [3.63, 3.8) is 0 Å². The fourth-order valence-electron chi connectivity index (χ4n) is 8.86. The van der Waals surface area contributed by atoms with Crippen molar-refractivity contribution in [2.45, 2.75) is 0 Å². The predicted octanol–water partition coefficient (Wildman–Crippen LogP) is 15.5. The first-order chi connectivity index (χ1) is 26.6. The summed E-state index contributed by atoms with van der Waals surface area (Å²) in [6.07, 6.45) is 3.80. The van der Waals surface area contributed by atoms with Crippen LogP contribution in [0.4, 0.5) is 0 Å². The van der Waals surface area contributed by atoms with Gasteiger partial charge in [-0.15, -0.1) is 0 Å². The number of hydrogen-bond acceptors (Lipinski definition) is 0. The number of benzene rings is 11. The Labute approximate surface area is 313 Å². The van der Waals surface area contributed by atoms with E-state index in [1.165, 1.54) is 108 Å². The second kappa shape index (κ2) is 11.7. The van der Waals surface area contributed by atoms with Crippen molar-refractivity contribution in [3.8, 4) is 22.3 Å². The van der Waals surface area contributed by atoms with E-state index in [4.69, 9.17) is 0 Å². The molecule has 0 atom stereocenters. The molecular weight excluding hydrogens is 649 g/mol. The summed E-state index contributed by atoms with van der Waals surface area (Å²) < 4.78 is 0. The molecule has 0 aliphatic rings. The van der Waals surface area contributed by atoms with E-state index in [1.807, 2.05) is 12.2 Å². The van der Waals surface area contributed by atoms with Crippen molar-refractivity contribution in [1.82, 2.24) is 0 Å². The van der Waals surface area contributed by atoms with Crippen LogP contribution < -0.4 is 0 Å². The van der Waals surface area contributed by atoms with Crippen LogP contribution in [0.25, 0.3) is 121 Å². The summed E-state index contributed by atoms with van der Waals surface area (Å²) in [5.41, 5.74) is 7.12. The lowest BCUT2D eigenvalue weighted by atomic mass is 9.91. The molecule has 0 N–H and O–H groups in total. The Morgan fingerprint density at radius 3 is 1.02 bits per heavy atom. The van der Waals surface area contributed by atoms with Gasteiger partial charge in [-0.2, -0.15) is 0 Å². The van der Waals surface area contributed by atoms with Crippen LogP contribution in [0.1, 0.15) is 11.1 Å². The first-order valence-electron chi connectivity index (χ1n) is 18.6. The van der Waals surface area contributed by atoms with E-state index in [0.29, 0.717) is 0 Å². The predicted molar refractivity (Wildman–Crippen MR) is 238 cm³/mol. The Hall–Kier alpha value is -7.02. The molecule has 0 nitrogen and oxygen atoms in total. The second-order valence-corrected chi connectivity index (χ2v) is 14.6. The quantitative estimate of drug-likeness (QED) is 0.128. The normalized spacial score (nSPS) is 11.9. The monoisotopic (exact) mass is 682 g/mol. The van der Waals surface area contributed by atoms with Gasteiger partial charge in [0.1, 0.15) is 0 Å². The van der Waals surface area contributed by atoms with Crippen molar-refractivity contribution in [2.24, 2.45) is 0 Å².